The number of hydrogen-bond acceptors (Lipinski definition) is 7. The minimum atomic E-state index is -1.35. The summed E-state index contributed by atoms with van der Waals surface area (Å²) in [6.07, 6.45) is -3.72. The van der Waals surface area contributed by atoms with Crippen molar-refractivity contribution in [2.45, 2.75) is 45.7 Å². The molecule has 1 aromatic carbocycles. The number of esters is 3. The van der Waals surface area contributed by atoms with Crippen LogP contribution in [0.1, 0.15) is 26.3 Å². The number of aliphatic hydroxyl groups is 1. The highest BCUT2D eigenvalue weighted by atomic mass is 16.6. The topological polar surface area (TPSA) is 99.1 Å². The van der Waals surface area contributed by atoms with Gasteiger partial charge in [0.2, 0.25) is 0 Å². The molecule has 0 amide bonds. The molecule has 0 heterocycles. The van der Waals surface area contributed by atoms with E-state index in [1.54, 1.807) is 12.1 Å². The number of carbonyl (C=O) groups excluding carboxylic acids is 3. The quantitative estimate of drug-likeness (QED) is 0.589. The zero-order valence-corrected chi connectivity index (χ0v) is 13.2. The lowest BCUT2D eigenvalue weighted by Crippen LogP contribution is -2.35. The van der Waals surface area contributed by atoms with E-state index >= 15 is 0 Å². The maximum atomic E-state index is 11.8. The van der Waals surface area contributed by atoms with Gasteiger partial charge < -0.3 is 19.3 Å². The van der Waals surface area contributed by atoms with E-state index in [0.717, 1.165) is 5.56 Å². The van der Waals surface area contributed by atoms with Crippen LogP contribution in [0.2, 0.25) is 0 Å². The van der Waals surface area contributed by atoms with Crippen molar-refractivity contribution in [2.75, 3.05) is 0 Å². The molecule has 0 aliphatic heterocycles. The van der Waals surface area contributed by atoms with Crippen LogP contribution in [0.4, 0.5) is 0 Å². The average Bonchev–Trinajstić information content (AvgIpc) is 2.53. The van der Waals surface area contributed by atoms with Crippen LogP contribution in [0.3, 0.4) is 0 Å². The molecule has 23 heavy (non-hydrogen) atoms. The van der Waals surface area contributed by atoms with Gasteiger partial charge in [-0.25, -0.2) is 14.4 Å². The molecule has 126 valence electrons. The smallest absolute Gasteiger partial charge is 0.347 e. The Bertz CT molecular complexity index is 539. The van der Waals surface area contributed by atoms with Gasteiger partial charge in [0.05, 0.1) is 0 Å². The Morgan fingerprint density at radius 2 is 1.43 bits per heavy atom. The minimum absolute atomic E-state index is 0.0636. The molecule has 0 unspecified atom stereocenters. The number of benzene rings is 1. The molecule has 0 aliphatic rings. The summed E-state index contributed by atoms with van der Waals surface area (Å²) < 4.78 is 14.6. The van der Waals surface area contributed by atoms with Crippen LogP contribution >= 0.6 is 0 Å². The first-order valence-corrected chi connectivity index (χ1v) is 7.11. The van der Waals surface area contributed by atoms with Crippen molar-refractivity contribution >= 4 is 17.9 Å². The highest BCUT2D eigenvalue weighted by molar-refractivity contribution is 5.83. The molecule has 0 aromatic heterocycles. The maximum absolute atomic E-state index is 11.8. The molecule has 0 radical (unpaired) electrons. The summed E-state index contributed by atoms with van der Waals surface area (Å²) in [7, 11) is 0. The lowest BCUT2D eigenvalue weighted by atomic mass is 10.2. The molecule has 7 nitrogen and oxygen atoms in total. The number of carbonyl (C=O) groups is 3. The Morgan fingerprint density at radius 1 is 0.913 bits per heavy atom. The van der Waals surface area contributed by atoms with Crippen LogP contribution < -0.4 is 0 Å². The van der Waals surface area contributed by atoms with Crippen molar-refractivity contribution in [1.82, 2.24) is 0 Å². The molecular formula is C16H20O7. The standard InChI is InChI=1S/C16H20O7/c1-10(17)14(18)22-12(3)16(20)23-11(2)15(19)21-9-13-7-5-4-6-8-13/h4-8,10-12,17H,9H2,1-3H3/t10-,11+,12-/m0/s1. The van der Waals surface area contributed by atoms with E-state index in [1.807, 2.05) is 18.2 Å². The summed E-state index contributed by atoms with van der Waals surface area (Å²) in [6.45, 7) is 3.91. The van der Waals surface area contributed by atoms with E-state index < -0.39 is 36.2 Å². The van der Waals surface area contributed by atoms with Crippen LogP contribution in [0, 0.1) is 0 Å². The number of hydrogen-bond donors (Lipinski definition) is 1. The maximum Gasteiger partial charge on any atom is 0.347 e. The van der Waals surface area contributed by atoms with E-state index in [0.29, 0.717) is 0 Å². The number of aliphatic hydroxyl groups excluding tert-OH is 1. The fourth-order valence-corrected chi connectivity index (χ4v) is 1.49. The van der Waals surface area contributed by atoms with Crippen LogP contribution in [0.5, 0.6) is 0 Å². The van der Waals surface area contributed by atoms with Crippen LogP contribution in [-0.2, 0) is 35.2 Å². The Labute approximate surface area is 134 Å². The third-order valence-corrected chi connectivity index (χ3v) is 2.81. The van der Waals surface area contributed by atoms with E-state index in [9.17, 15) is 14.4 Å². The molecule has 1 N–H and O–H groups in total. The van der Waals surface area contributed by atoms with E-state index in [-0.39, 0.29) is 6.61 Å². The second kappa shape index (κ2) is 8.89. The predicted molar refractivity (Wildman–Crippen MR) is 79.0 cm³/mol. The summed E-state index contributed by atoms with van der Waals surface area (Å²) in [5.74, 6) is -2.56. The molecule has 0 saturated carbocycles. The van der Waals surface area contributed by atoms with Crippen LogP contribution in [-0.4, -0.2) is 41.3 Å². The molecule has 0 saturated heterocycles. The fourth-order valence-electron chi connectivity index (χ4n) is 1.49. The van der Waals surface area contributed by atoms with Gasteiger partial charge in [-0.15, -0.1) is 0 Å². The molecule has 1 rings (SSSR count). The van der Waals surface area contributed by atoms with Gasteiger partial charge >= 0.3 is 17.9 Å². The third kappa shape index (κ3) is 6.48. The molecule has 7 heteroatoms. The highest BCUT2D eigenvalue weighted by Gasteiger charge is 2.26. The summed E-state index contributed by atoms with van der Waals surface area (Å²) in [4.78, 5) is 34.6. The van der Waals surface area contributed by atoms with Crippen molar-refractivity contribution in [2.24, 2.45) is 0 Å². The summed E-state index contributed by atoms with van der Waals surface area (Å²) in [6, 6.07) is 9.05. The minimum Gasteiger partial charge on any atom is -0.458 e. The first kappa shape index (κ1) is 18.6. The molecule has 0 fully saturated rings. The molecular weight excluding hydrogens is 304 g/mol. The van der Waals surface area contributed by atoms with Crippen molar-refractivity contribution in [3.05, 3.63) is 35.9 Å². The number of rotatable bonds is 7. The van der Waals surface area contributed by atoms with Gasteiger partial charge in [0.25, 0.3) is 0 Å². The zero-order chi connectivity index (χ0) is 17.4. The van der Waals surface area contributed by atoms with E-state index in [1.165, 1.54) is 20.8 Å². The van der Waals surface area contributed by atoms with Gasteiger partial charge in [-0.05, 0) is 26.3 Å². The Morgan fingerprint density at radius 3 is 2.00 bits per heavy atom. The Hall–Kier alpha value is -2.41. The fraction of sp³-hybridized carbons (Fsp3) is 0.438. The monoisotopic (exact) mass is 324 g/mol. The average molecular weight is 324 g/mol. The normalized spacial score (nSPS) is 14.3. The molecule has 3 atom stereocenters. The molecule has 0 bridgehead atoms. The summed E-state index contributed by atoms with van der Waals surface area (Å²) in [5.41, 5.74) is 0.804. The largest absolute Gasteiger partial charge is 0.458 e. The summed E-state index contributed by atoms with van der Waals surface area (Å²) in [5, 5.41) is 9.00. The van der Waals surface area contributed by atoms with Crippen molar-refractivity contribution in [3.8, 4) is 0 Å². The summed E-state index contributed by atoms with van der Waals surface area (Å²) >= 11 is 0. The van der Waals surface area contributed by atoms with Crippen LogP contribution in [0.25, 0.3) is 0 Å². The van der Waals surface area contributed by atoms with Crippen LogP contribution in [0.15, 0.2) is 30.3 Å². The number of ether oxygens (including phenoxy) is 3. The second-order valence-corrected chi connectivity index (χ2v) is 4.93. The van der Waals surface area contributed by atoms with Crippen molar-refractivity contribution < 1.29 is 33.7 Å². The zero-order valence-electron chi connectivity index (χ0n) is 13.2. The van der Waals surface area contributed by atoms with Gasteiger partial charge in [-0.2, -0.15) is 0 Å². The van der Waals surface area contributed by atoms with Crippen molar-refractivity contribution in [1.29, 1.82) is 0 Å². The molecule has 0 aliphatic carbocycles. The van der Waals surface area contributed by atoms with Gasteiger partial charge in [0, 0.05) is 0 Å². The van der Waals surface area contributed by atoms with E-state index in [2.05, 4.69) is 4.74 Å². The van der Waals surface area contributed by atoms with Gasteiger partial charge in [0.1, 0.15) is 12.7 Å². The molecule has 1 aromatic rings. The molecule has 0 spiro atoms. The third-order valence-electron chi connectivity index (χ3n) is 2.81. The van der Waals surface area contributed by atoms with E-state index in [4.69, 9.17) is 14.6 Å². The van der Waals surface area contributed by atoms with Crippen molar-refractivity contribution in [3.63, 3.8) is 0 Å². The lowest BCUT2D eigenvalue weighted by Gasteiger charge is -2.17. The SMILES string of the molecule is C[C@H](O)C(=O)O[C@@H](C)C(=O)O[C@H](C)C(=O)OCc1ccccc1. The second-order valence-electron chi connectivity index (χ2n) is 4.93. The lowest BCUT2D eigenvalue weighted by molar-refractivity contribution is -0.179. The first-order chi connectivity index (χ1) is 10.8. The first-order valence-electron chi connectivity index (χ1n) is 7.11. The van der Waals surface area contributed by atoms with Gasteiger partial charge in [-0.3, -0.25) is 0 Å². The highest BCUT2D eigenvalue weighted by Crippen LogP contribution is 2.06. The Kier molecular flexibility index (Phi) is 7.21. The Balaban J connectivity index is 2.41. The van der Waals surface area contributed by atoms with Gasteiger partial charge in [0.15, 0.2) is 12.2 Å². The predicted octanol–water partition coefficient (Wildman–Crippen LogP) is 0.974. The van der Waals surface area contributed by atoms with Gasteiger partial charge in [-0.1, -0.05) is 30.3 Å².